The van der Waals surface area contributed by atoms with E-state index in [9.17, 15) is 9.18 Å². The highest BCUT2D eigenvalue weighted by Gasteiger charge is 2.51. The van der Waals surface area contributed by atoms with Gasteiger partial charge in [-0.15, -0.1) is 0 Å². The van der Waals surface area contributed by atoms with Crippen molar-refractivity contribution in [2.24, 2.45) is 5.41 Å². The Bertz CT molecular complexity index is 1300. The van der Waals surface area contributed by atoms with Crippen molar-refractivity contribution in [1.29, 1.82) is 0 Å². The van der Waals surface area contributed by atoms with Crippen LogP contribution in [0.15, 0.2) is 29.5 Å². The van der Waals surface area contributed by atoms with Gasteiger partial charge >= 0.3 is 0 Å². The first-order valence-corrected chi connectivity index (χ1v) is 12.0. The first-order valence-electron chi connectivity index (χ1n) is 12.0. The molecule has 9 nitrogen and oxygen atoms in total. The topological polar surface area (TPSA) is 92.9 Å². The second-order valence-electron chi connectivity index (χ2n) is 11.0. The summed E-state index contributed by atoms with van der Waals surface area (Å²) in [6.45, 7) is 5.92. The number of halogens is 1. The number of likely N-dealkylation sites (tertiary alicyclic amines) is 1. The summed E-state index contributed by atoms with van der Waals surface area (Å²) in [4.78, 5) is 24.7. The predicted molar refractivity (Wildman–Crippen MR) is 129 cm³/mol. The van der Waals surface area contributed by atoms with E-state index in [1.165, 1.54) is 37.4 Å². The molecule has 0 radical (unpaired) electrons. The Morgan fingerprint density at radius 3 is 2.71 bits per heavy atom. The van der Waals surface area contributed by atoms with Crippen LogP contribution in [0.3, 0.4) is 0 Å². The summed E-state index contributed by atoms with van der Waals surface area (Å²) in [6, 6.07) is 2.18. The van der Waals surface area contributed by atoms with Gasteiger partial charge in [0, 0.05) is 31.0 Å². The molecule has 180 valence electrons. The average Bonchev–Trinajstić information content (AvgIpc) is 3.26. The van der Waals surface area contributed by atoms with Crippen LogP contribution in [0, 0.1) is 5.41 Å². The van der Waals surface area contributed by atoms with Gasteiger partial charge in [-0.1, -0.05) is 0 Å². The summed E-state index contributed by atoms with van der Waals surface area (Å²) in [6.07, 6.45) is 8.63. The molecule has 1 aliphatic heterocycles. The van der Waals surface area contributed by atoms with Gasteiger partial charge in [-0.3, -0.25) is 9.48 Å². The monoisotopic (exact) mass is 466 g/mol. The Labute approximate surface area is 197 Å². The number of hydrogen-bond acceptors (Lipinski definition) is 7. The zero-order valence-corrected chi connectivity index (χ0v) is 19.9. The van der Waals surface area contributed by atoms with Crippen molar-refractivity contribution in [2.45, 2.75) is 63.8 Å². The summed E-state index contributed by atoms with van der Waals surface area (Å²) in [7, 11) is 2.17. The largest absolute Gasteiger partial charge is 0.364 e. The van der Waals surface area contributed by atoms with Crippen LogP contribution in [0.4, 0.5) is 21.8 Å². The van der Waals surface area contributed by atoms with E-state index in [-0.39, 0.29) is 17.6 Å². The lowest BCUT2D eigenvalue weighted by molar-refractivity contribution is -0.0786. The van der Waals surface area contributed by atoms with E-state index in [4.69, 9.17) is 0 Å². The summed E-state index contributed by atoms with van der Waals surface area (Å²) >= 11 is 0. The van der Waals surface area contributed by atoms with Crippen molar-refractivity contribution in [3.8, 4) is 0 Å². The lowest BCUT2D eigenvalue weighted by Crippen LogP contribution is -2.60. The maximum absolute atomic E-state index is 13.6. The van der Waals surface area contributed by atoms with Crippen molar-refractivity contribution in [2.75, 3.05) is 30.8 Å². The first-order chi connectivity index (χ1) is 16.2. The van der Waals surface area contributed by atoms with Gasteiger partial charge in [0.15, 0.2) is 0 Å². The van der Waals surface area contributed by atoms with Gasteiger partial charge in [0.25, 0.3) is 5.56 Å². The molecule has 3 aromatic heterocycles. The molecule has 2 N–H and O–H groups in total. The average molecular weight is 467 g/mol. The van der Waals surface area contributed by atoms with Gasteiger partial charge in [0.1, 0.15) is 17.4 Å². The Balaban J connectivity index is 1.27. The van der Waals surface area contributed by atoms with Crippen LogP contribution in [0.5, 0.6) is 0 Å². The minimum Gasteiger partial charge on any atom is -0.364 e. The van der Waals surface area contributed by atoms with Crippen molar-refractivity contribution >= 4 is 28.4 Å². The molecule has 1 atom stereocenters. The van der Waals surface area contributed by atoms with Crippen LogP contribution in [-0.2, 0) is 6.54 Å². The number of anilines is 3. The fourth-order valence-electron chi connectivity index (χ4n) is 5.56. The van der Waals surface area contributed by atoms with Gasteiger partial charge in [-0.05, 0) is 58.1 Å². The predicted octanol–water partition coefficient (Wildman–Crippen LogP) is 3.32. The summed E-state index contributed by atoms with van der Waals surface area (Å²) < 4.78 is 17.0. The third kappa shape index (κ3) is 3.83. The molecule has 1 saturated heterocycles. The smallest absolute Gasteiger partial charge is 0.263 e. The number of nitrogens with one attached hydrogen (secondary N) is 2. The minimum absolute atomic E-state index is 0.00338. The second kappa shape index (κ2) is 7.49. The summed E-state index contributed by atoms with van der Waals surface area (Å²) in [5.74, 6) is 0.890. The van der Waals surface area contributed by atoms with Crippen LogP contribution in [0.2, 0.25) is 0 Å². The number of fused-ring (bicyclic) bond motifs is 1. The van der Waals surface area contributed by atoms with Gasteiger partial charge in [-0.25, -0.2) is 9.37 Å². The molecule has 4 heterocycles. The molecule has 2 aliphatic carbocycles. The highest BCUT2D eigenvalue weighted by Crippen LogP contribution is 2.53. The van der Waals surface area contributed by atoms with E-state index in [2.05, 4.69) is 44.6 Å². The first kappa shape index (κ1) is 21.5. The molecule has 3 aliphatic rings. The number of alkyl halides is 1. The van der Waals surface area contributed by atoms with Crippen molar-refractivity contribution in [3.05, 3.63) is 35.0 Å². The van der Waals surface area contributed by atoms with Gasteiger partial charge < -0.3 is 20.1 Å². The number of hydrogen-bond donors (Lipinski definition) is 2. The van der Waals surface area contributed by atoms with Crippen molar-refractivity contribution in [1.82, 2.24) is 29.2 Å². The fraction of sp³-hybridized carbons (Fsp3) is 0.583. The molecule has 6 rings (SSSR count). The Hall–Kier alpha value is -3.01. The highest BCUT2D eigenvalue weighted by atomic mass is 19.1. The van der Waals surface area contributed by atoms with Gasteiger partial charge in [0.05, 0.1) is 30.0 Å². The number of nitrogens with zero attached hydrogens (tertiary/aromatic N) is 6. The molecule has 0 aromatic carbocycles. The van der Waals surface area contributed by atoms with E-state index >= 15 is 0 Å². The molecule has 1 spiro atoms. The normalized spacial score (nSPS) is 21.8. The van der Waals surface area contributed by atoms with Crippen LogP contribution in [-0.4, -0.2) is 61.1 Å². The van der Waals surface area contributed by atoms with E-state index in [1.807, 2.05) is 10.9 Å². The molecule has 0 unspecified atom stereocenters. The van der Waals surface area contributed by atoms with Crippen molar-refractivity contribution in [3.63, 3.8) is 0 Å². The summed E-state index contributed by atoms with van der Waals surface area (Å²) in [5.41, 5.74) is 1.47. The highest BCUT2D eigenvalue weighted by molar-refractivity contribution is 5.90. The second-order valence-corrected chi connectivity index (χ2v) is 11.0. The molecule has 3 fully saturated rings. The molecule has 34 heavy (non-hydrogen) atoms. The SMILES string of the molecule is C[C@@H](F)Cn1ccc2nc(Nc3cnn(C4CC5(C4)CN(C)C5)c3)nc(NC3(C)CC3)c2c1=O. The molecular formula is C24H31FN8O. The third-order valence-electron chi connectivity index (χ3n) is 7.47. The maximum Gasteiger partial charge on any atom is 0.263 e. The van der Waals surface area contributed by atoms with E-state index < -0.39 is 6.17 Å². The fourth-order valence-corrected chi connectivity index (χ4v) is 5.56. The zero-order valence-electron chi connectivity index (χ0n) is 19.9. The Morgan fingerprint density at radius 2 is 2.03 bits per heavy atom. The number of aromatic nitrogens is 5. The van der Waals surface area contributed by atoms with Crippen molar-refractivity contribution < 1.29 is 4.39 Å². The summed E-state index contributed by atoms with van der Waals surface area (Å²) in [5, 5.41) is 11.6. The lowest BCUT2D eigenvalue weighted by atomic mass is 9.61. The zero-order chi connectivity index (χ0) is 23.7. The van der Waals surface area contributed by atoms with Crippen LogP contribution < -0.4 is 16.2 Å². The van der Waals surface area contributed by atoms with Crippen LogP contribution in [0.1, 0.15) is 45.6 Å². The molecule has 3 aromatic rings. The quantitative estimate of drug-likeness (QED) is 0.552. The number of pyridine rings is 1. The van der Waals surface area contributed by atoms with Gasteiger partial charge in [-0.2, -0.15) is 10.1 Å². The lowest BCUT2D eigenvalue weighted by Gasteiger charge is -2.58. The number of rotatable bonds is 7. The minimum atomic E-state index is -1.12. The van der Waals surface area contributed by atoms with Gasteiger partial charge in [0.2, 0.25) is 5.95 Å². The Kier molecular flexibility index (Phi) is 4.74. The van der Waals surface area contributed by atoms with E-state index in [0.29, 0.717) is 34.1 Å². The molecule has 2 saturated carbocycles. The third-order valence-corrected chi connectivity index (χ3v) is 7.47. The molecule has 10 heteroatoms. The van der Waals surface area contributed by atoms with Crippen LogP contribution in [0.25, 0.3) is 10.9 Å². The van der Waals surface area contributed by atoms with Crippen LogP contribution >= 0.6 is 0 Å². The van der Waals surface area contributed by atoms with E-state index in [1.54, 1.807) is 18.5 Å². The molecule has 0 amide bonds. The standard InChI is InChI=1S/C24H31FN8O/c1-15(25)11-32-7-4-18-19(21(32)34)20(30-23(2)5-6-23)29-22(28-18)27-16-10-26-33(12-16)17-8-24(9-17)13-31(3)14-24/h4,7,10,12,15,17H,5-6,8-9,11,13-14H2,1-3H3,(H2,27,28,29,30)/t15-/m1/s1. The molecule has 0 bridgehead atoms. The maximum atomic E-state index is 13.6. The van der Waals surface area contributed by atoms with E-state index in [0.717, 1.165) is 18.5 Å². The Morgan fingerprint density at radius 1 is 1.26 bits per heavy atom. The molecular weight excluding hydrogens is 435 g/mol.